The lowest BCUT2D eigenvalue weighted by atomic mass is 9.90. The van der Waals surface area contributed by atoms with Gasteiger partial charge >= 0.3 is 0 Å². The van der Waals surface area contributed by atoms with Crippen molar-refractivity contribution in [3.8, 4) is 16.9 Å². The van der Waals surface area contributed by atoms with Crippen molar-refractivity contribution < 1.29 is 0 Å². The van der Waals surface area contributed by atoms with Crippen LogP contribution < -0.4 is 4.90 Å². The third-order valence-corrected chi connectivity index (χ3v) is 13.1. The molecule has 3 aromatic heterocycles. The minimum Gasteiger partial charge on any atom is -0.329 e. The normalized spacial score (nSPS) is 13.6. The number of thiophene rings is 1. The maximum absolute atomic E-state index is 5.43. The molecule has 4 heterocycles. The van der Waals surface area contributed by atoms with Crippen molar-refractivity contribution in [1.29, 1.82) is 0 Å². The zero-order valence-corrected chi connectivity index (χ0v) is 32.4. The summed E-state index contributed by atoms with van der Waals surface area (Å²) in [5.74, 6) is 0. The van der Waals surface area contributed by atoms with Crippen LogP contribution in [0.3, 0.4) is 0 Å². The second-order valence-corrected chi connectivity index (χ2v) is 16.1. The third kappa shape index (κ3) is 4.82. The Balaban J connectivity index is 1.06. The lowest BCUT2D eigenvalue weighted by Gasteiger charge is -2.24. The largest absolute Gasteiger partial charge is 0.329 e. The Bertz CT molecular complexity index is 3500. The van der Waals surface area contributed by atoms with Crippen molar-refractivity contribution in [3.63, 3.8) is 0 Å². The van der Waals surface area contributed by atoms with Gasteiger partial charge in [0.1, 0.15) is 5.00 Å². The van der Waals surface area contributed by atoms with E-state index in [0.717, 1.165) is 39.4 Å². The topological polar surface area (TPSA) is 21.1 Å². The van der Waals surface area contributed by atoms with Gasteiger partial charge in [0.15, 0.2) is 0 Å². The number of benzene rings is 8. The molecule has 58 heavy (non-hydrogen) atoms. The number of rotatable bonds is 3. The summed E-state index contributed by atoms with van der Waals surface area (Å²) in [7, 11) is 0. The number of nitrogens with zero attached hydrogens (tertiary/aromatic N) is 3. The maximum atomic E-state index is 5.43. The van der Waals surface area contributed by atoms with Gasteiger partial charge in [-0.25, -0.2) is 4.98 Å². The van der Waals surface area contributed by atoms with E-state index in [0.29, 0.717) is 6.54 Å². The van der Waals surface area contributed by atoms with Gasteiger partial charge in [-0.1, -0.05) is 152 Å². The summed E-state index contributed by atoms with van der Waals surface area (Å²) in [6.07, 6.45) is 4.62. The van der Waals surface area contributed by atoms with Gasteiger partial charge < -0.3 is 9.47 Å². The predicted molar refractivity (Wildman–Crippen MR) is 249 cm³/mol. The van der Waals surface area contributed by atoms with Crippen LogP contribution in [0.5, 0.6) is 0 Å². The summed E-state index contributed by atoms with van der Waals surface area (Å²) in [4.78, 5) is 7.89. The Labute approximate surface area is 339 Å². The molecule has 0 atom stereocenters. The van der Waals surface area contributed by atoms with Crippen molar-refractivity contribution in [2.75, 3.05) is 11.4 Å². The molecule has 0 N–H and O–H groups in total. The average Bonchev–Trinajstić information content (AvgIpc) is 3.84. The first-order chi connectivity index (χ1) is 28.7. The van der Waals surface area contributed by atoms with E-state index in [2.05, 4.69) is 198 Å². The van der Waals surface area contributed by atoms with Crippen molar-refractivity contribution in [3.05, 3.63) is 205 Å². The molecular weight excluding hydrogens is 723 g/mol. The van der Waals surface area contributed by atoms with Gasteiger partial charge in [-0.15, -0.1) is 11.3 Å². The van der Waals surface area contributed by atoms with Crippen LogP contribution in [-0.2, 0) is 0 Å². The SMILES string of the molecule is C=C1c2c(sc3ccccc23)N(c2ccc(-c3nc4ccccc4c4c5ccccc5c5ccccc5c34)cc2)C/C=C\c2c1n(-c1ccccc1)c1ccccc21. The number of anilines is 2. The summed E-state index contributed by atoms with van der Waals surface area (Å²) in [5, 5.41) is 12.2. The highest BCUT2D eigenvalue weighted by molar-refractivity contribution is 7.23. The maximum Gasteiger partial charge on any atom is 0.105 e. The van der Waals surface area contributed by atoms with Crippen LogP contribution in [-0.4, -0.2) is 16.1 Å². The monoisotopic (exact) mass is 757 g/mol. The fourth-order valence-corrected chi connectivity index (χ4v) is 10.7. The second-order valence-electron chi connectivity index (χ2n) is 15.1. The summed E-state index contributed by atoms with van der Waals surface area (Å²) in [6.45, 7) is 5.64. The molecule has 8 aromatic carbocycles. The minimum atomic E-state index is 0.699. The highest BCUT2D eigenvalue weighted by Crippen LogP contribution is 2.49. The van der Waals surface area contributed by atoms with Gasteiger partial charge in [0.2, 0.25) is 0 Å². The van der Waals surface area contributed by atoms with E-state index < -0.39 is 0 Å². The smallest absolute Gasteiger partial charge is 0.105 e. The Morgan fingerprint density at radius 1 is 0.517 bits per heavy atom. The molecule has 1 aliphatic rings. The first-order valence-corrected chi connectivity index (χ1v) is 20.6. The van der Waals surface area contributed by atoms with E-state index in [-0.39, 0.29) is 0 Å². The molecule has 0 aliphatic carbocycles. The second kappa shape index (κ2) is 12.9. The van der Waals surface area contributed by atoms with Crippen LogP contribution >= 0.6 is 11.3 Å². The van der Waals surface area contributed by atoms with Gasteiger partial charge in [0.25, 0.3) is 0 Å². The number of pyridine rings is 1. The lowest BCUT2D eigenvalue weighted by molar-refractivity contribution is 1.09. The molecule has 4 heteroatoms. The molecule has 0 bridgehead atoms. The van der Waals surface area contributed by atoms with Crippen LogP contribution in [0.25, 0.3) is 92.8 Å². The van der Waals surface area contributed by atoms with E-state index >= 15 is 0 Å². The molecular formula is C54H35N3S. The molecule has 272 valence electrons. The molecule has 12 rings (SSSR count). The first kappa shape index (κ1) is 32.9. The zero-order valence-electron chi connectivity index (χ0n) is 31.6. The summed E-state index contributed by atoms with van der Waals surface area (Å²) in [5.41, 5.74) is 11.0. The molecule has 0 saturated heterocycles. The fourth-order valence-electron chi connectivity index (χ4n) is 9.42. The predicted octanol–water partition coefficient (Wildman–Crippen LogP) is 14.7. The van der Waals surface area contributed by atoms with Crippen LogP contribution in [0.4, 0.5) is 10.7 Å². The molecule has 0 saturated carbocycles. The minimum absolute atomic E-state index is 0.699. The first-order valence-electron chi connectivity index (χ1n) is 19.8. The van der Waals surface area contributed by atoms with Crippen molar-refractivity contribution in [2.45, 2.75) is 0 Å². The van der Waals surface area contributed by atoms with Crippen LogP contribution in [0.1, 0.15) is 16.8 Å². The molecule has 3 nitrogen and oxygen atoms in total. The number of fused-ring (bicyclic) bond motifs is 14. The highest BCUT2D eigenvalue weighted by atomic mass is 32.1. The average molecular weight is 758 g/mol. The number of para-hydroxylation sites is 3. The fraction of sp³-hybridized carbons (Fsp3) is 0.0185. The number of hydrogen-bond acceptors (Lipinski definition) is 3. The Morgan fingerprint density at radius 2 is 1.12 bits per heavy atom. The van der Waals surface area contributed by atoms with Crippen molar-refractivity contribution >= 4 is 97.9 Å². The van der Waals surface area contributed by atoms with Gasteiger partial charge in [-0.2, -0.15) is 0 Å². The zero-order chi connectivity index (χ0) is 38.3. The molecule has 1 aliphatic heterocycles. The lowest BCUT2D eigenvalue weighted by Crippen LogP contribution is -2.16. The van der Waals surface area contributed by atoms with E-state index in [1.54, 1.807) is 0 Å². The van der Waals surface area contributed by atoms with Crippen LogP contribution in [0.2, 0.25) is 0 Å². The summed E-state index contributed by atoms with van der Waals surface area (Å²) >= 11 is 1.84. The van der Waals surface area contributed by atoms with E-state index in [1.807, 2.05) is 11.3 Å². The Kier molecular flexibility index (Phi) is 7.31. The molecule has 0 spiro atoms. The molecule has 0 fully saturated rings. The van der Waals surface area contributed by atoms with Crippen LogP contribution in [0.15, 0.2) is 189 Å². The number of aromatic nitrogens is 2. The Hall–Kier alpha value is -7.27. The summed E-state index contributed by atoms with van der Waals surface area (Å²) in [6, 6.07) is 63.4. The van der Waals surface area contributed by atoms with E-state index in [1.165, 1.54) is 74.8 Å². The molecule has 0 amide bonds. The van der Waals surface area contributed by atoms with E-state index in [4.69, 9.17) is 11.6 Å². The Morgan fingerprint density at radius 3 is 1.88 bits per heavy atom. The molecule has 0 radical (unpaired) electrons. The van der Waals surface area contributed by atoms with Gasteiger partial charge in [0.05, 0.1) is 22.4 Å². The molecule has 0 unspecified atom stereocenters. The van der Waals surface area contributed by atoms with Crippen LogP contribution in [0, 0.1) is 0 Å². The van der Waals surface area contributed by atoms with Gasteiger partial charge in [-0.05, 0) is 64.0 Å². The summed E-state index contributed by atoms with van der Waals surface area (Å²) < 4.78 is 3.64. The highest BCUT2D eigenvalue weighted by Gasteiger charge is 2.28. The van der Waals surface area contributed by atoms with E-state index in [9.17, 15) is 0 Å². The standard InChI is InChI=1S/C54H35N3S/c1-34-49-45-24-11-14-28-48(45)58-54(49)56(33-15-25-43-40-20-10-13-27-47(40)57(53(34)43)37-16-3-2-4-17-37)36-31-29-35(30-32-36)52-51-42-22-8-6-19-39(42)38-18-5-7-21-41(38)50(51)44-23-9-12-26-46(44)55-52/h2-32H,1,33H2/b25-15-. The van der Waals surface area contributed by atoms with Gasteiger partial charge in [-0.3, -0.25) is 0 Å². The van der Waals surface area contributed by atoms with Crippen molar-refractivity contribution in [1.82, 2.24) is 9.55 Å². The van der Waals surface area contributed by atoms with Crippen molar-refractivity contribution in [2.24, 2.45) is 0 Å². The quantitative estimate of drug-likeness (QED) is 0.167. The third-order valence-electron chi connectivity index (χ3n) is 11.9. The molecule has 11 aromatic rings. The number of hydrogen-bond donors (Lipinski definition) is 0. The van der Waals surface area contributed by atoms with Gasteiger partial charge in [0, 0.05) is 71.8 Å².